The number of carbonyl (C=O) groups excluding carboxylic acids is 1. The lowest BCUT2D eigenvalue weighted by molar-refractivity contribution is 0.0338. The van der Waals surface area contributed by atoms with E-state index in [1.165, 1.54) is 12.4 Å². The van der Waals surface area contributed by atoms with Gasteiger partial charge in [-0.15, -0.1) is 0 Å². The standard InChI is InChI=1S/C17H26N4O2/c1-12-4-6-13(7-5-12)21(11-14-3-2-10-23-14)17(22)15-16(18)20-9-8-19-15/h8-9,12-14H,2-7,10-11H2,1H3,(H2,18,20)/t12?,13?,14-/m0/s1. The minimum Gasteiger partial charge on any atom is -0.382 e. The van der Waals surface area contributed by atoms with Crippen molar-refractivity contribution in [1.82, 2.24) is 14.9 Å². The van der Waals surface area contributed by atoms with Crippen LogP contribution in [0.2, 0.25) is 0 Å². The highest BCUT2D eigenvalue weighted by Gasteiger charge is 2.32. The van der Waals surface area contributed by atoms with Crippen LogP contribution in [-0.2, 0) is 4.74 Å². The minimum absolute atomic E-state index is 0.106. The predicted molar refractivity (Wildman–Crippen MR) is 87.9 cm³/mol. The van der Waals surface area contributed by atoms with Crippen LogP contribution in [-0.4, -0.2) is 46.1 Å². The van der Waals surface area contributed by atoms with Crippen LogP contribution < -0.4 is 5.73 Å². The Morgan fingerprint density at radius 3 is 2.65 bits per heavy atom. The molecule has 1 aromatic rings. The molecule has 3 rings (SSSR count). The zero-order valence-corrected chi connectivity index (χ0v) is 13.8. The van der Waals surface area contributed by atoms with Gasteiger partial charge in [0.05, 0.1) is 6.10 Å². The molecule has 6 nitrogen and oxygen atoms in total. The molecule has 1 amide bonds. The maximum absolute atomic E-state index is 13.0. The van der Waals surface area contributed by atoms with Gasteiger partial charge in [-0.3, -0.25) is 4.79 Å². The first-order chi connectivity index (χ1) is 11.1. The molecule has 0 spiro atoms. The Kier molecular flexibility index (Phi) is 5.10. The summed E-state index contributed by atoms with van der Waals surface area (Å²) in [4.78, 5) is 23.1. The van der Waals surface area contributed by atoms with Gasteiger partial charge in [-0.2, -0.15) is 0 Å². The smallest absolute Gasteiger partial charge is 0.276 e. The van der Waals surface area contributed by atoms with Crippen molar-refractivity contribution >= 4 is 11.7 Å². The molecule has 23 heavy (non-hydrogen) atoms. The molecule has 2 heterocycles. The lowest BCUT2D eigenvalue weighted by Crippen LogP contribution is -2.46. The number of hydrogen-bond acceptors (Lipinski definition) is 5. The molecular formula is C17H26N4O2. The molecular weight excluding hydrogens is 292 g/mol. The molecule has 2 N–H and O–H groups in total. The van der Waals surface area contributed by atoms with Crippen LogP contribution in [0.25, 0.3) is 0 Å². The van der Waals surface area contributed by atoms with Gasteiger partial charge in [-0.1, -0.05) is 6.92 Å². The highest BCUT2D eigenvalue weighted by atomic mass is 16.5. The summed E-state index contributed by atoms with van der Waals surface area (Å²) in [5.41, 5.74) is 6.13. The van der Waals surface area contributed by atoms with Gasteiger partial charge in [0.1, 0.15) is 0 Å². The summed E-state index contributed by atoms with van der Waals surface area (Å²) in [5.74, 6) is 0.845. The largest absolute Gasteiger partial charge is 0.382 e. The van der Waals surface area contributed by atoms with Gasteiger partial charge in [0.2, 0.25) is 0 Å². The number of aromatic nitrogens is 2. The Balaban J connectivity index is 1.78. The van der Waals surface area contributed by atoms with Gasteiger partial charge in [0.15, 0.2) is 11.5 Å². The summed E-state index contributed by atoms with van der Waals surface area (Å²) < 4.78 is 5.75. The first kappa shape index (κ1) is 16.2. The molecule has 126 valence electrons. The zero-order valence-electron chi connectivity index (χ0n) is 13.8. The average Bonchev–Trinajstić information content (AvgIpc) is 3.07. The number of nitrogens with zero attached hydrogens (tertiary/aromatic N) is 3. The summed E-state index contributed by atoms with van der Waals surface area (Å²) in [6.07, 6.45) is 9.67. The first-order valence-electron chi connectivity index (χ1n) is 8.64. The fraction of sp³-hybridized carbons (Fsp3) is 0.706. The Hall–Kier alpha value is -1.69. The molecule has 0 unspecified atom stereocenters. The van der Waals surface area contributed by atoms with Crippen LogP contribution in [0.3, 0.4) is 0 Å². The average molecular weight is 318 g/mol. The van der Waals surface area contributed by atoms with Crippen LogP contribution >= 0.6 is 0 Å². The van der Waals surface area contributed by atoms with E-state index in [1.807, 2.05) is 4.90 Å². The Bertz CT molecular complexity index is 537. The highest BCUT2D eigenvalue weighted by Crippen LogP contribution is 2.29. The summed E-state index contributed by atoms with van der Waals surface area (Å²) in [7, 11) is 0. The van der Waals surface area contributed by atoms with E-state index < -0.39 is 0 Å². The van der Waals surface area contributed by atoms with Crippen molar-refractivity contribution in [3.8, 4) is 0 Å². The molecule has 1 saturated carbocycles. The first-order valence-corrected chi connectivity index (χ1v) is 8.64. The molecule has 2 fully saturated rings. The summed E-state index contributed by atoms with van der Waals surface area (Å²) in [6.45, 7) is 3.71. The molecule has 1 atom stereocenters. The monoisotopic (exact) mass is 318 g/mol. The van der Waals surface area contributed by atoms with Crippen LogP contribution in [0.4, 0.5) is 5.82 Å². The highest BCUT2D eigenvalue weighted by molar-refractivity contribution is 5.96. The number of hydrogen-bond donors (Lipinski definition) is 1. The number of nitrogen functional groups attached to an aromatic ring is 1. The molecule has 6 heteroatoms. The van der Waals surface area contributed by atoms with Crippen molar-refractivity contribution in [2.45, 2.75) is 57.6 Å². The van der Waals surface area contributed by atoms with Crippen molar-refractivity contribution in [2.24, 2.45) is 5.92 Å². The lowest BCUT2D eigenvalue weighted by atomic mass is 9.86. The van der Waals surface area contributed by atoms with Crippen molar-refractivity contribution in [1.29, 1.82) is 0 Å². The minimum atomic E-state index is -0.106. The van der Waals surface area contributed by atoms with Crippen LogP contribution in [0, 0.1) is 5.92 Å². The second kappa shape index (κ2) is 7.25. The topological polar surface area (TPSA) is 81.3 Å². The van der Waals surface area contributed by atoms with Gasteiger partial charge in [0.25, 0.3) is 5.91 Å². The van der Waals surface area contributed by atoms with Crippen molar-refractivity contribution in [3.63, 3.8) is 0 Å². The van der Waals surface area contributed by atoms with Gasteiger partial charge in [-0.05, 0) is 44.4 Å². The molecule has 0 bridgehead atoms. The quantitative estimate of drug-likeness (QED) is 0.921. The van der Waals surface area contributed by atoms with E-state index in [2.05, 4.69) is 16.9 Å². The van der Waals surface area contributed by atoms with E-state index in [-0.39, 0.29) is 29.6 Å². The third-order valence-electron chi connectivity index (χ3n) is 5.04. The van der Waals surface area contributed by atoms with Crippen LogP contribution in [0.1, 0.15) is 55.9 Å². The molecule has 1 saturated heterocycles. The Labute approximate surface area is 137 Å². The normalized spacial score (nSPS) is 27.8. The number of amides is 1. The molecule has 2 aliphatic rings. The Morgan fingerprint density at radius 2 is 2.00 bits per heavy atom. The SMILES string of the molecule is CC1CCC(N(C[C@@H]2CCCO2)C(=O)c2nccnc2N)CC1. The molecule has 0 radical (unpaired) electrons. The predicted octanol–water partition coefficient (Wildman–Crippen LogP) is 2.26. The number of anilines is 1. The molecule has 1 aromatic heterocycles. The van der Waals surface area contributed by atoms with E-state index in [9.17, 15) is 4.79 Å². The summed E-state index contributed by atoms with van der Waals surface area (Å²) in [5, 5.41) is 0. The van der Waals surface area contributed by atoms with Gasteiger partial charge in [-0.25, -0.2) is 9.97 Å². The molecule has 1 aliphatic carbocycles. The maximum Gasteiger partial charge on any atom is 0.276 e. The van der Waals surface area contributed by atoms with Crippen LogP contribution in [0.15, 0.2) is 12.4 Å². The number of ether oxygens (including phenoxy) is 1. The number of nitrogens with two attached hydrogens (primary N) is 1. The van der Waals surface area contributed by atoms with Gasteiger partial charge in [0, 0.05) is 31.6 Å². The fourth-order valence-electron chi connectivity index (χ4n) is 3.61. The van der Waals surface area contributed by atoms with Crippen molar-refractivity contribution < 1.29 is 9.53 Å². The van der Waals surface area contributed by atoms with Crippen LogP contribution in [0.5, 0.6) is 0 Å². The third kappa shape index (κ3) is 3.80. The number of rotatable bonds is 4. The molecule has 1 aliphatic heterocycles. The lowest BCUT2D eigenvalue weighted by Gasteiger charge is -2.37. The number of carbonyl (C=O) groups is 1. The fourth-order valence-corrected chi connectivity index (χ4v) is 3.61. The third-order valence-corrected chi connectivity index (χ3v) is 5.04. The molecule has 0 aromatic carbocycles. The van der Waals surface area contributed by atoms with Gasteiger partial charge >= 0.3 is 0 Å². The summed E-state index contributed by atoms with van der Waals surface area (Å²) in [6, 6.07) is 0.254. The van der Waals surface area contributed by atoms with Gasteiger partial charge < -0.3 is 15.4 Å². The van der Waals surface area contributed by atoms with E-state index >= 15 is 0 Å². The van der Waals surface area contributed by atoms with Crippen molar-refractivity contribution in [3.05, 3.63) is 18.1 Å². The summed E-state index contributed by atoms with van der Waals surface area (Å²) >= 11 is 0. The van der Waals surface area contributed by atoms with E-state index in [4.69, 9.17) is 10.5 Å². The second-order valence-corrected chi connectivity index (χ2v) is 6.80. The maximum atomic E-state index is 13.0. The Morgan fingerprint density at radius 1 is 1.26 bits per heavy atom. The zero-order chi connectivity index (χ0) is 16.2. The second-order valence-electron chi connectivity index (χ2n) is 6.80. The van der Waals surface area contributed by atoms with Crippen molar-refractivity contribution in [2.75, 3.05) is 18.9 Å². The van der Waals surface area contributed by atoms with E-state index in [0.717, 1.165) is 51.0 Å². The van der Waals surface area contributed by atoms with E-state index in [0.29, 0.717) is 6.54 Å². The van der Waals surface area contributed by atoms with E-state index in [1.54, 1.807) is 0 Å².